The molecule has 3 heterocycles. The summed E-state index contributed by atoms with van der Waals surface area (Å²) in [6.07, 6.45) is 16.2. The molecule has 264 valence electrons. The van der Waals surface area contributed by atoms with Crippen molar-refractivity contribution in [3.63, 3.8) is 0 Å². The first-order valence-electron chi connectivity index (χ1n) is 18.1. The van der Waals surface area contributed by atoms with Gasteiger partial charge in [0.05, 0.1) is 39.6 Å². The fourth-order valence-corrected chi connectivity index (χ4v) is 10.4. The molecule has 0 unspecified atom stereocenters. The minimum atomic E-state index is -3.17. The molecule has 1 spiro atoms. The molecule has 0 radical (unpaired) electrons. The Kier molecular flexibility index (Phi) is 10.2. The minimum absolute atomic E-state index is 0.0127. The molecule has 1 aromatic heterocycles. The first-order valence-corrected chi connectivity index (χ1v) is 19.9. The molecule has 5 atom stereocenters. The lowest BCUT2D eigenvalue weighted by Gasteiger charge is -2.46. The van der Waals surface area contributed by atoms with Crippen molar-refractivity contribution in [2.75, 3.05) is 43.2 Å². The van der Waals surface area contributed by atoms with Crippen LogP contribution >= 0.6 is 0 Å². The summed E-state index contributed by atoms with van der Waals surface area (Å²) in [5, 5.41) is 0. The molecule has 0 N–H and O–H groups in total. The number of fused-ring (bicyclic) bond motifs is 4. The van der Waals surface area contributed by atoms with Gasteiger partial charge in [0.25, 0.3) is 5.91 Å². The van der Waals surface area contributed by atoms with Gasteiger partial charge in [-0.1, -0.05) is 35.9 Å². The first kappa shape index (κ1) is 34.6. The second-order valence-electron chi connectivity index (χ2n) is 14.7. The second-order valence-corrected chi connectivity index (χ2v) is 17.1. The zero-order valence-electron chi connectivity index (χ0n) is 29.2. The lowest BCUT2D eigenvalue weighted by molar-refractivity contribution is -0.116. The standard InChI is InChI=1S/C40H48N4O5S/c1-28-9-15-35-29(21-28)7-6-17-40(35)26-44-24-31-10-14-34(31)37(48-2)8-4-3-5-20-50(47,25-33(45)13-12-32-23-41-18-19-42-32)43-39(46)30-11-16-38(49-27-40)36(44)22-30/h4,8-9,11,15-16,18-19,21-23,31,34,37H,3,5-7,10,12-14,17,20,24-27H2,1-2H3/b8-4+/t31-,34+,37-,40-,50+/m0/s1. The van der Waals surface area contributed by atoms with Gasteiger partial charge in [-0.2, -0.15) is 4.36 Å². The van der Waals surface area contributed by atoms with Gasteiger partial charge in [-0.15, -0.1) is 0 Å². The average molecular weight is 697 g/mol. The Morgan fingerprint density at radius 3 is 2.84 bits per heavy atom. The van der Waals surface area contributed by atoms with E-state index in [2.05, 4.69) is 56.5 Å². The summed E-state index contributed by atoms with van der Waals surface area (Å²) in [4.78, 5) is 37.8. The zero-order valence-corrected chi connectivity index (χ0v) is 30.0. The maximum Gasteiger partial charge on any atom is 0.285 e. The molecule has 4 aliphatic rings. The number of ether oxygens (including phenoxy) is 2. The van der Waals surface area contributed by atoms with Crippen LogP contribution in [0.15, 0.2) is 71.5 Å². The predicted octanol–water partition coefficient (Wildman–Crippen LogP) is 6.46. The highest BCUT2D eigenvalue weighted by Crippen LogP contribution is 2.47. The summed E-state index contributed by atoms with van der Waals surface area (Å²) in [5.74, 6) is 0.688. The molecule has 2 aliphatic carbocycles. The van der Waals surface area contributed by atoms with E-state index < -0.39 is 15.6 Å². The maximum absolute atomic E-state index is 14.3. The number of nitrogens with zero attached hydrogens (tertiary/aromatic N) is 4. The van der Waals surface area contributed by atoms with Crippen LogP contribution in [0, 0.1) is 18.8 Å². The molecule has 0 saturated heterocycles. The van der Waals surface area contributed by atoms with E-state index in [1.54, 1.807) is 31.8 Å². The van der Waals surface area contributed by atoms with Gasteiger partial charge in [0.1, 0.15) is 11.5 Å². The Morgan fingerprint density at radius 2 is 2.04 bits per heavy atom. The molecule has 7 rings (SSSR count). The Balaban J connectivity index is 1.24. The van der Waals surface area contributed by atoms with Crippen LogP contribution in [0.4, 0.5) is 5.69 Å². The highest BCUT2D eigenvalue weighted by Gasteiger charge is 2.44. The quantitative estimate of drug-likeness (QED) is 0.270. The van der Waals surface area contributed by atoms with Crippen molar-refractivity contribution in [1.29, 1.82) is 0 Å². The smallest absolute Gasteiger partial charge is 0.285 e. The number of aryl methyl sites for hydroxylation is 3. The summed E-state index contributed by atoms with van der Waals surface area (Å²) in [5.41, 5.74) is 5.79. The molecule has 10 heteroatoms. The Labute approximate surface area is 296 Å². The van der Waals surface area contributed by atoms with E-state index in [1.807, 2.05) is 12.1 Å². The number of amides is 1. The Bertz CT molecular complexity index is 1890. The summed E-state index contributed by atoms with van der Waals surface area (Å²) < 4.78 is 31.4. The SMILES string of the molecule is CO[C@H]1/C=C/CCC[S@@](=O)(CC(=O)CCc2cnccn2)=NC(=O)c2ccc3c(c2)N(C[C@@H]2CC[C@H]21)C[C@@]1(CCCc2cc(C)ccc21)CO3. The monoisotopic (exact) mass is 696 g/mol. The average Bonchev–Trinajstić information content (AvgIpc) is 3.25. The van der Waals surface area contributed by atoms with Crippen LogP contribution in [0.3, 0.4) is 0 Å². The lowest BCUT2D eigenvalue weighted by Crippen LogP contribution is -2.49. The van der Waals surface area contributed by atoms with Crippen LogP contribution in [0.1, 0.15) is 77.7 Å². The predicted molar refractivity (Wildman–Crippen MR) is 195 cm³/mol. The molecular weight excluding hydrogens is 649 g/mol. The number of aromatic nitrogens is 2. The minimum Gasteiger partial charge on any atom is -0.490 e. The van der Waals surface area contributed by atoms with Crippen LogP contribution in [0.2, 0.25) is 0 Å². The van der Waals surface area contributed by atoms with Gasteiger partial charge < -0.3 is 14.4 Å². The summed E-state index contributed by atoms with van der Waals surface area (Å²) in [6, 6.07) is 12.3. The lowest BCUT2D eigenvalue weighted by atomic mass is 9.68. The number of anilines is 1. The van der Waals surface area contributed by atoms with E-state index in [1.165, 1.54) is 16.7 Å². The summed E-state index contributed by atoms with van der Waals surface area (Å²) in [7, 11) is -1.39. The zero-order chi connectivity index (χ0) is 34.7. The van der Waals surface area contributed by atoms with E-state index in [-0.39, 0.29) is 35.2 Å². The maximum atomic E-state index is 14.3. The Hall–Kier alpha value is -3.89. The Morgan fingerprint density at radius 1 is 1.14 bits per heavy atom. The van der Waals surface area contributed by atoms with Gasteiger partial charge in [-0.25, -0.2) is 4.21 Å². The number of ketones is 1. The van der Waals surface area contributed by atoms with Crippen LogP contribution in [-0.4, -0.2) is 70.3 Å². The van der Waals surface area contributed by atoms with E-state index in [0.717, 1.165) is 56.6 Å². The highest BCUT2D eigenvalue weighted by molar-refractivity contribution is 7.94. The molecule has 1 fully saturated rings. The fraction of sp³-hybridized carbons (Fsp3) is 0.500. The van der Waals surface area contributed by atoms with Crippen LogP contribution in [-0.2, 0) is 37.5 Å². The van der Waals surface area contributed by atoms with Gasteiger partial charge in [0.2, 0.25) is 0 Å². The number of allylic oxidation sites excluding steroid dienone is 1. The molecule has 2 aromatic carbocycles. The molecule has 2 bridgehead atoms. The van der Waals surface area contributed by atoms with E-state index in [4.69, 9.17) is 9.47 Å². The first-order chi connectivity index (χ1) is 24.2. The fourth-order valence-electron chi connectivity index (χ4n) is 8.40. The molecule has 3 aromatic rings. The van der Waals surface area contributed by atoms with E-state index >= 15 is 0 Å². The number of methoxy groups -OCH3 is 1. The summed E-state index contributed by atoms with van der Waals surface area (Å²) in [6.45, 7) is 4.32. The third kappa shape index (κ3) is 7.42. The van der Waals surface area contributed by atoms with Crippen molar-refractivity contribution in [1.82, 2.24) is 9.97 Å². The molecule has 9 nitrogen and oxygen atoms in total. The van der Waals surface area contributed by atoms with Crippen molar-refractivity contribution in [3.05, 3.63) is 95.1 Å². The van der Waals surface area contributed by atoms with Gasteiger partial charge in [-0.3, -0.25) is 19.6 Å². The molecule has 50 heavy (non-hydrogen) atoms. The van der Waals surface area contributed by atoms with Crippen molar-refractivity contribution in [3.8, 4) is 5.75 Å². The molecule has 1 saturated carbocycles. The van der Waals surface area contributed by atoms with Crippen molar-refractivity contribution in [2.24, 2.45) is 16.2 Å². The van der Waals surface area contributed by atoms with Crippen LogP contribution < -0.4 is 9.64 Å². The van der Waals surface area contributed by atoms with Crippen molar-refractivity contribution >= 4 is 27.1 Å². The number of carbonyl (C=O) groups excluding carboxylic acids is 2. The highest BCUT2D eigenvalue weighted by atomic mass is 32.2. The van der Waals surface area contributed by atoms with E-state index in [9.17, 15) is 13.8 Å². The largest absolute Gasteiger partial charge is 0.490 e. The molecule has 2 aliphatic heterocycles. The number of benzene rings is 2. The second kappa shape index (κ2) is 14.8. The van der Waals surface area contributed by atoms with Gasteiger partial charge in [0, 0.05) is 61.9 Å². The van der Waals surface area contributed by atoms with Crippen LogP contribution in [0.5, 0.6) is 5.75 Å². The van der Waals surface area contributed by atoms with Gasteiger partial charge >= 0.3 is 0 Å². The third-order valence-electron chi connectivity index (χ3n) is 11.2. The van der Waals surface area contributed by atoms with Gasteiger partial charge in [0.15, 0.2) is 0 Å². The van der Waals surface area contributed by atoms with E-state index in [0.29, 0.717) is 49.0 Å². The number of hydrogen-bond acceptors (Lipinski definition) is 8. The van der Waals surface area contributed by atoms with Crippen molar-refractivity contribution in [2.45, 2.75) is 76.2 Å². The summed E-state index contributed by atoms with van der Waals surface area (Å²) >= 11 is 0. The number of rotatable bonds is 6. The number of Topliss-reactive ketones (excluding diaryl/α,β-unsaturated/α-hetero) is 1. The molecule has 1 amide bonds. The normalized spacial score (nSPS) is 28.6. The number of carbonyl (C=O) groups is 2. The number of hydrogen-bond donors (Lipinski definition) is 0. The van der Waals surface area contributed by atoms with Crippen molar-refractivity contribution < 1.29 is 23.3 Å². The third-order valence-corrected chi connectivity index (χ3v) is 13.4. The van der Waals surface area contributed by atoms with Crippen LogP contribution in [0.25, 0.3) is 0 Å². The van der Waals surface area contributed by atoms with Gasteiger partial charge in [-0.05, 0) is 99.5 Å². The topological polar surface area (TPSA) is 111 Å². The molecular formula is C40H48N4O5S.